The van der Waals surface area contributed by atoms with E-state index in [1.54, 1.807) is 6.92 Å². The van der Waals surface area contributed by atoms with Crippen LogP contribution in [0.5, 0.6) is 5.75 Å². The van der Waals surface area contributed by atoms with Crippen molar-refractivity contribution in [1.82, 2.24) is 15.0 Å². The highest BCUT2D eigenvalue weighted by Gasteiger charge is 2.34. The molecule has 4 heterocycles. The summed E-state index contributed by atoms with van der Waals surface area (Å²) < 4.78 is 35.8. The molecule has 2 aliphatic heterocycles. The highest BCUT2D eigenvalue weighted by Crippen LogP contribution is 2.33. The van der Waals surface area contributed by atoms with Crippen molar-refractivity contribution >= 4 is 25.4 Å². The second-order valence-electron chi connectivity index (χ2n) is 8.78. The summed E-state index contributed by atoms with van der Waals surface area (Å²) in [7, 11) is 2.13. The van der Waals surface area contributed by atoms with Crippen LogP contribution >= 0.6 is 0 Å². The Bertz CT molecular complexity index is 981. The number of alkyl halides is 2. The Hall–Kier alpha value is -2.73. The number of β-amino-alcohol motifs (C(OH)–C–C–N with tert-alkyl or cyclic N) is 1. The van der Waals surface area contributed by atoms with Crippen molar-refractivity contribution < 1.29 is 23.4 Å². The number of nitrogens with two attached hydrogens (primary N) is 1. The van der Waals surface area contributed by atoms with Gasteiger partial charge in [-0.2, -0.15) is 13.8 Å². The molecule has 0 bridgehead atoms. The minimum atomic E-state index is -3.02. The molecule has 2 aliphatic rings. The SMILES string of the molecule is BCC[C@H]1COCCN1c1cc(-c2cnc(N)c(OC(F)F)c2)nc(N2CCC(C)(O)C2)n1. The van der Waals surface area contributed by atoms with Gasteiger partial charge >= 0.3 is 6.61 Å². The van der Waals surface area contributed by atoms with Crippen molar-refractivity contribution in [3.63, 3.8) is 0 Å². The van der Waals surface area contributed by atoms with Gasteiger partial charge < -0.3 is 30.1 Å². The number of aliphatic hydroxyl groups is 1. The molecule has 2 atom stereocenters. The Kier molecular flexibility index (Phi) is 6.85. The number of pyridine rings is 1. The normalized spacial score (nSPS) is 23.4. The summed E-state index contributed by atoms with van der Waals surface area (Å²) in [6, 6.07) is 3.40. The quantitative estimate of drug-likeness (QED) is 0.589. The Morgan fingerprint density at radius 1 is 1.36 bits per heavy atom. The largest absolute Gasteiger partial charge is 0.431 e. The molecule has 0 radical (unpaired) electrons. The second-order valence-corrected chi connectivity index (χ2v) is 8.78. The molecule has 2 saturated heterocycles. The molecule has 0 spiro atoms. The molecule has 0 aliphatic carbocycles. The van der Waals surface area contributed by atoms with Gasteiger partial charge in [-0.05, 0) is 25.8 Å². The minimum Gasteiger partial charge on any atom is -0.431 e. The molecular weight excluding hydrogens is 433 g/mol. The monoisotopic (exact) mass is 462 g/mol. The first-order valence-electron chi connectivity index (χ1n) is 11.2. The maximum Gasteiger partial charge on any atom is 0.387 e. The van der Waals surface area contributed by atoms with Gasteiger partial charge in [-0.1, -0.05) is 6.32 Å². The number of aromatic nitrogens is 3. The first kappa shape index (κ1) is 23.4. The highest BCUT2D eigenvalue weighted by molar-refractivity contribution is 6.08. The minimum absolute atomic E-state index is 0.125. The van der Waals surface area contributed by atoms with E-state index in [0.717, 1.165) is 18.6 Å². The number of hydrogen-bond donors (Lipinski definition) is 2. The summed E-state index contributed by atoms with van der Waals surface area (Å²) in [5, 5.41) is 10.5. The number of morpholine rings is 1. The summed E-state index contributed by atoms with van der Waals surface area (Å²) in [6.07, 6.45) is 4.03. The molecule has 0 aromatic carbocycles. The zero-order chi connectivity index (χ0) is 23.6. The van der Waals surface area contributed by atoms with Crippen LogP contribution in [0, 0.1) is 0 Å². The van der Waals surface area contributed by atoms with E-state index < -0.39 is 12.2 Å². The summed E-state index contributed by atoms with van der Waals surface area (Å²) >= 11 is 0. The van der Waals surface area contributed by atoms with E-state index in [1.807, 2.05) is 11.0 Å². The summed E-state index contributed by atoms with van der Waals surface area (Å²) in [5.41, 5.74) is 5.88. The van der Waals surface area contributed by atoms with Crippen molar-refractivity contribution in [3.8, 4) is 17.0 Å². The number of ether oxygens (including phenoxy) is 2. The van der Waals surface area contributed by atoms with Crippen molar-refractivity contribution in [2.24, 2.45) is 0 Å². The van der Waals surface area contributed by atoms with E-state index in [-0.39, 0.29) is 17.6 Å². The van der Waals surface area contributed by atoms with E-state index in [1.165, 1.54) is 12.3 Å². The fraction of sp³-hybridized carbons (Fsp3) is 0.571. The number of anilines is 3. The fourth-order valence-corrected chi connectivity index (χ4v) is 4.29. The number of hydrogen-bond acceptors (Lipinski definition) is 9. The lowest BCUT2D eigenvalue weighted by Crippen LogP contribution is -2.46. The van der Waals surface area contributed by atoms with E-state index in [2.05, 4.69) is 27.5 Å². The van der Waals surface area contributed by atoms with Gasteiger partial charge in [0.1, 0.15) is 13.7 Å². The van der Waals surface area contributed by atoms with E-state index in [9.17, 15) is 13.9 Å². The molecular formula is C21H29BF2N6O3. The zero-order valence-electron chi connectivity index (χ0n) is 18.9. The predicted octanol–water partition coefficient (Wildman–Crippen LogP) is 1.33. The van der Waals surface area contributed by atoms with Crippen molar-refractivity contribution in [2.75, 3.05) is 48.4 Å². The van der Waals surface area contributed by atoms with E-state index in [0.29, 0.717) is 56.5 Å². The van der Waals surface area contributed by atoms with Crippen LogP contribution in [0.2, 0.25) is 6.32 Å². The van der Waals surface area contributed by atoms with Crippen LogP contribution < -0.4 is 20.3 Å². The van der Waals surface area contributed by atoms with Gasteiger partial charge in [0.25, 0.3) is 0 Å². The lowest BCUT2D eigenvalue weighted by molar-refractivity contribution is -0.0494. The summed E-state index contributed by atoms with van der Waals surface area (Å²) in [4.78, 5) is 17.7. The smallest absolute Gasteiger partial charge is 0.387 e. The molecule has 2 fully saturated rings. The predicted molar refractivity (Wildman–Crippen MR) is 124 cm³/mol. The van der Waals surface area contributed by atoms with E-state index in [4.69, 9.17) is 15.5 Å². The second kappa shape index (κ2) is 9.64. The Balaban J connectivity index is 1.76. The maximum atomic E-state index is 12.8. The molecule has 3 N–H and O–H groups in total. The van der Waals surface area contributed by atoms with Crippen molar-refractivity contribution in [3.05, 3.63) is 18.3 Å². The van der Waals surface area contributed by atoms with Gasteiger partial charge in [-0.15, -0.1) is 0 Å². The Morgan fingerprint density at radius 2 is 2.18 bits per heavy atom. The molecule has 178 valence electrons. The molecule has 0 saturated carbocycles. The van der Waals surface area contributed by atoms with Crippen LogP contribution in [-0.4, -0.2) is 79.0 Å². The summed E-state index contributed by atoms with van der Waals surface area (Å²) in [5.74, 6) is 0.857. The standard InChI is InChI=1S/C21H29BF2N6O3/c1-21(31)3-5-29(12-21)20-27-15(13-8-16(33-19(23)24)18(25)26-10-13)9-17(28-20)30-6-7-32-11-14(30)2-4-22/h8-10,14,19,31H,2-7,11-12,22H2,1H3,(H2,25,26)/t14-,21?/m0/s1. The van der Waals surface area contributed by atoms with Gasteiger partial charge in [-0.25, -0.2) is 9.97 Å². The summed E-state index contributed by atoms with van der Waals surface area (Å²) in [6.45, 7) is 1.65. The average Bonchev–Trinajstić information content (AvgIpc) is 3.15. The van der Waals surface area contributed by atoms with Gasteiger partial charge in [0.2, 0.25) is 5.95 Å². The zero-order valence-corrected chi connectivity index (χ0v) is 18.9. The molecule has 33 heavy (non-hydrogen) atoms. The van der Waals surface area contributed by atoms with Crippen LogP contribution in [0.4, 0.5) is 26.4 Å². The van der Waals surface area contributed by atoms with Crippen molar-refractivity contribution in [2.45, 2.75) is 44.3 Å². The van der Waals surface area contributed by atoms with Crippen LogP contribution in [0.1, 0.15) is 19.8 Å². The fourth-order valence-electron chi connectivity index (χ4n) is 4.29. The first-order valence-corrected chi connectivity index (χ1v) is 11.2. The molecule has 2 aromatic heterocycles. The van der Waals surface area contributed by atoms with Crippen LogP contribution in [0.25, 0.3) is 11.3 Å². The van der Waals surface area contributed by atoms with Crippen LogP contribution in [0.3, 0.4) is 0 Å². The number of nitrogen functional groups attached to an aromatic ring is 1. The van der Waals surface area contributed by atoms with Crippen LogP contribution in [0.15, 0.2) is 18.3 Å². The third kappa shape index (κ3) is 5.44. The lowest BCUT2D eigenvalue weighted by atomic mass is 9.96. The van der Waals surface area contributed by atoms with Crippen LogP contribution in [-0.2, 0) is 4.74 Å². The Labute approximate surface area is 192 Å². The van der Waals surface area contributed by atoms with Crippen molar-refractivity contribution in [1.29, 1.82) is 0 Å². The molecule has 0 amide bonds. The maximum absolute atomic E-state index is 12.8. The lowest BCUT2D eigenvalue weighted by Gasteiger charge is -2.37. The van der Waals surface area contributed by atoms with Gasteiger partial charge in [0.15, 0.2) is 11.6 Å². The average molecular weight is 462 g/mol. The van der Waals surface area contributed by atoms with Gasteiger partial charge in [0, 0.05) is 37.5 Å². The third-order valence-corrected chi connectivity index (χ3v) is 5.97. The molecule has 9 nitrogen and oxygen atoms in total. The Morgan fingerprint density at radius 3 is 2.88 bits per heavy atom. The molecule has 4 rings (SSSR count). The third-order valence-electron chi connectivity index (χ3n) is 5.97. The van der Waals surface area contributed by atoms with E-state index >= 15 is 0 Å². The van der Waals surface area contributed by atoms with Gasteiger partial charge in [-0.3, -0.25) is 0 Å². The topological polar surface area (TPSA) is 110 Å². The molecule has 12 heteroatoms. The highest BCUT2D eigenvalue weighted by atomic mass is 19.3. The first-order chi connectivity index (χ1) is 15.8. The number of rotatable bonds is 7. The number of nitrogens with zero attached hydrogens (tertiary/aromatic N) is 5. The number of halogens is 2. The van der Waals surface area contributed by atoms with Gasteiger partial charge in [0.05, 0.1) is 30.6 Å². The molecule has 1 unspecified atom stereocenters. The molecule has 2 aromatic rings.